The van der Waals surface area contributed by atoms with E-state index >= 15 is 4.39 Å². The van der Waals surface area contributed by atoms with Crippen molar-refractivity contribution in [3.63, 3.8) is 0 Å². The van der Waals surface area contributed by atoms with Gasteiger partial charge in [0.25, 0.3) is 0 Å². The number of nitrogens with one attached hydrogen (secondary N) is 1. The van der Waals surface area contributed by atoms with E-state index in [-0.39, 0.29) is 11.1 Å². The number of furan rings is 1. The molecule has 7 heteroatoms. The van der Waals surface area contributed by atoms with Gasteiger partial charge in [-0.3, -0.25) is 0 Å². The second kappa shape index (κ2) is 6.67. The number of hydrogen-bond acceptors (Lipinski definition) is 4. The summed E-state index contributed by atoms with van der Waals surface area (Å²) < 4.78 is 21.9. The Morgan fingerprint density at radius 1 is 1.44 bits per heavy atom. The van der Waals surface area contributed by atoms with E-state index < -0.39 is 0 Å². The molecule has 0 aliphatic heterocycles. The molecule has 0 aromatic carbocycles. The van der Waals surface area contributed by atoms with Crippen LogP contribution in [0, 0.1) is 18.7 Å². The molecule has 0 bridgehead atoms. The quantitative estimate of drug-likeness (QED) is 0.657. The molecule has 3 heterocycles. The standard InChI is InChI=1S/C18H20ClFN4O/c1-11-14(6-2-4-12-7-8-12)15(20)16-17(22-18(19)23-24(11)16)21-10-13-5-3-9-25-13/h3,5,9,12H,2,4,6-8,10H2,1H3,(H,21,22,23). The van der Waals surface area contributed by atoms with Gasteiger partial charge in [0, 0.05) is 11.3 Å². The Balaban J connectivity index is 1.64. The summed E-state index contributed by atoms with van der Waals surface area (Å²) in [6.07, 6.45) is 7.12. The molecule has 1 N–H and O–H groups in total. The molecule has 1 saturated carbocycles. The predicted molar refractivity (Wildman–Crippen MR) is 94.4 cm³/mol. The molecule has 0 atom stereocenters. The first kappa shape index (κ1) is 16.4. The van der Waals surface area contributed by atoms with Crippen molar-refractivity contribution in [1.29, 1.82) is 0 Å². The van der Waals surface area contributed by atoms with Gasteiger partial charge in [-0.1, -0.05) is 19.3 Å². The summed E-state index contributed by atoms with van der Waals surface area (Å²) in [5.74, 6) is 1.71. The van der Waals surface area contributed by atoms with Crippen LogP contribution in [0.3, 0.4) is 0 Å². The van der Waals surface area contributed by atoms with Crippen LogP contribution in [0.4, 0.5) is 10.2 Å². The van der Waals surface area contributed by atoms with Gasteiger partial charge in [-0.25, -0.2) is 8.91 Å². The monoisotopic (exact) mass is 362 g/mol. The lowest BCUT2D eigenvalue weighted by atomic mass is 10.1. The smallest absolute Gasteiger partial charge is 0.243 e. The van der Waals surface area contributed by atoms with Crippen molar-refractivity contribution < 1.29 is 8.81 Å². The molecule has 3 aromatic heterocycles. The minimum Gasteiger partial charge on any atom is -0.467 e. The number of nitrogens with zero attached hydrogens (tertiary/aromatic N) is 3. The first-order valence-electron chi connectivity index (χ1n) is 8.63. The van der Waals surface area contributed by atoms with E-state index in [2.05, 4.69) is 15.4 Å². The van der Waals surface area contributed by atoms with Crippen molar-refractivity contribution in [2.75, 3.05) is 5.32 Å². The van der Waals surface area contributed by atoms with Crippen molar-refractivity contribution in [1.82, 2.24) is 14.6 Å². The van der Waals surface area contributed by atoms with E-state index in [1.165, 1.54) is 19.3 Å². The lowest BCUT2D eigenvalue weighted by Gasteiger charge is -2.07. The minimum absolute atomic E-state index is 0.0806. The lowest BCUT2D eigenvalue weighted by Crippen LogP contribution is -2.06. The number of halogens is 2. The average molecular weight is 363 g/mol. The van der Waals surface area contributed by atoms with Gasteiger partial charge in [0.15, 0.2) is 11.6 Å². The molecular formula is C18H20ClFN4O. The van der Waals surface area contributed by atoms with Crippen LogP contribution in [-0.2, 0) is 13.0 Å². The topological polar surface area (TPSA) is 55.4 Å². The maximum atomic E-state index is 15.1. The number of aryl methyl sites for hydroxylation is 1. The van der Waals surface area contributed by atoms with Gasteiger partial charge in [-0.2, -0.15) is 4.98 Å². The van der Waals surface area contributed by atoms with Crippen LogP contribution in [0.15, 0.2) is 22.8 Å². The maximum Gasteiger partial charge on any atom is 0.243 e. The van der Waals surface area contributed by atoms with Crippen LogP contribution in [0.25, 0.3) is 5.52 Å². The summed E-state index contributed by atoms with van der Waals surface area (Å²) in [4.78, 5) is 4.18. The highest BCUT2D eigenvalue weighted by Crippen LogP contribution is 2.35. The first-order valence-corrected chi connectivity index (χ1v) is 9.00. The van der Waals surface area contributed by atoms with Gasteiger partial charge >= 0.3 is 0 Å². The molecule has 0 saturated heterocycles. The van der Waals surface area contributed by atoms with Crippen LogP contribution in [0.2, 0.25) is 5.28 Å². The zero-order chi connectivity index (χ0) is 17.4. The van der Waals surface area contributed by atoms with Crippen molar-refractivity contribution >= 4 is 22.9 Å². The highest BCUT2D eigenvalue weighted by molar-refractivity contribution is 6.28. The first-order chi connectivity index (χ1) is 12.1. The van der Waals surface area contributed by atoms with Gasteiger partial charge in [0.05, 0.1) is 12.8 Å². The molecular weight excluding hydrogens is 343 g/mol. The fourth-order valence-electron chi connectivity index (χ4n) is 3.24. The van der Waals surface area contributed by atoms with Crippen molar-refractivity contribution in [2.45, 2.75) is 45.6 Å². The third-order valence-corrected chi connectivity index (χ3v) is 4.96. The van der Waals surface area contributed by atoms with E-state index in [9.17, 15) is 0 Å². The third-order valence-electron chi connectivity index (χ3n) is 4.80. The lowest BCUT2D eigenvalue weighted by molar-refractivity contribution is 0.517. The molecule has 3 aromatic rings. The second-order valence-corrected chi connectivity index (χ2v) is 6.97. The highest BCUT2D eigenvalue weighted by Gasteiger charge is 2.23. The Hall–Kier alpha value is -2.08. The molecule has 0 spiro atoms. The van der Waals surface area contributed by atoms with Crippen molar-refractivity contribution in [2.24, 2.45) is 5.92 Å². The molecule has 5 nitrogen and oxygen atoms in total. The molecule has 0 unspecified atom stereocenters. The third kappa shape index (κ3) is 3.35. The number of anilines is 1. The molecule has 1 aliphatic carbocycles. The molecule has 1 fully saturated rings. The van der Waals surface area contributed by atoms with E-state index in [1.54, 1.807) is 16.8 Å². The Morgan fingerprint density at radius 2 is 2.28 bits per heavy atom. The minimum atomic E-state index is -0.257. The highest BCUT2D eigenvalue weighted by atomic mass is 35.5. The van der Waals surface area contributed by atoms with Crippen molar-refractivity contribution in [3.8, 4) is 0 Å². The Labute approximate surface area is 150 Å². The molecule has 0 amide bonds. The van der Waals surface area contributed by atoms with E-state index in [1.807, 2.05) is 13.0 Å². The molecule has 0 radical (unpaired) electrons. The van der Waals surface area contributed by atoms with Crippen molar-refractivity contribution in [3.05, 3.63) is 46.5 Å². The Kier molecular flexibility index (Phi) is 4.37. The summed E-state index contributed by atoms with van der Waals surface area (Å²) in [6.45, 7) is 2.28. The fourth-order valence-corrected chi connectivity index (χ4v) is 3.40. The summed E-state index contributed by atoms with van der Waals surface area (Å²) >= 11 is 6.04. The SMILES string of the molecule is Cc1c(CCCC2CC2)c(F)c2c(NCc3ccco3)nc(Cl)nn12. The Bertz CT molecular complexity index is 886. The molecule has 1 aliphatic rings. The molecule has 132 valence electrons. The predicted octanol–water partition coefficient (Wildman–Crippen LogP) is 4.77. The zero-order valence-corrected chi connectivity index (χ0v) is 14.8. The van der Waals surface area contributed by atoms with Gasteiger partial charge in [-0.05, 0) is 49.4 Å². The van der Waals surface area contributed by atoms with E-state index in [0.717, 1.165) is 23.8 Å². The van der Waals surface area contributed by atoms with Gasteiger partial charge < -0.3 is 9.73 Å². The summed E-state index contributed by atoms with van der Waals surface area (Å²) in [6, 6.07) is 3.65. The second-order valence-electron chi connectivity index (χ2n) is 6.64. The van der Waals surface area contributed by atoms with Crippen LogP contribution in [0.1, 0.15) is 42.7 Å². The Morgan fingerprint density at radius 3 is 3.00 bits per heavy atom. The van der Waals surface area contributed by atoms with Gasteiger partial charge in [0.1, 0.15) is 11.3 Å². The fraction of sp³-hybridized carbons (Fsp3) is 0.444. The number of hydrogen-bond donors (Lipinski definition) is 1. The summed E-state index contributed by atoms with van der Waals surface area (Å²) in [5, 5.41) is 7.37. The number of fused-ring (bicyclic) bond motifs is 1. The van der Waals surface area contributed by atoms with Crippen LogP contribution < -0.4 is 5.32 Å². The average Bonchev–Trinajstić information content (AvgIpc) is 3.20. The van der Waals surface area contributed by atoms with Gasteiger partial charge in [-0.15, -0.1) is 5.10 Å². The number of rotatable bonds is 7. The maximum absolute atomic E-state index is 15.1. The largest absolute Gasteiger partial charge is 0.467 e. The molecule has 4 rings (SSSR count). The van der Waals surface area contributed by atoms with E-state index in [0.29, 0.717) is 29.9 Å². The van der Waals surface area contributed by atoms with Crippen LogP contribution >= 0.6 is 11.6 Å². The zero-order valence-electron chi connectivity index (χ0n) is 14.1. The summed E-state index contributed by atoms with van der Waals surface area (Å²) in [7, 11) is 0. The summed E-state index contributed by atoms with van der Waals surface area (Å²) in [5.41, 5.74) is 1.83. The van der Waals surface area contributed by atoms with E-state index in [4.69, 9.17) is 16.0 Å². The van der Waals surface area contributed by atoms with Gasteiger partial charge in [0.2, 0.25) is 5.28 Å². The normalized spacial score (nSPS) is 14.4. The van der Waals surface area contributed by atoms with Crippen LogP contribution in [-0.4, -0.2) is 14.6 Å². The number of aromatic nitrogens is 3. The van der Waals surface area contributed by atoms with Crippen LogP contribution in [0.5, 0.6) is 0 Å². The molecule has 25 heavy (non-hydrogen) atoms.